The van der Waals surface area contributed by atoms with E-state index in [1.54, 1.807) is 0 Å². The minimum Gasteiger partial charge on any atom is -0.355 e. The van der Waals surface area contributed by atoms with Crippen molar-refractivity contribution in [3.05, 3.63) is 0 Å². The monoisotopic (exact) mass is 167 g/mol. The lowest BCUT2D eigenvalue weighted by atomic mass is 10.2. The average molecular weight is 167 g/mol. The molecule has 0 spiro atoms. The molecule has 1 aliphatic heterocycles. The SMILES string of the molecule is CN1CCCNC(=O)C1CC#N. The molecule has 1 heterocycles. The maximum absolute atomic E-state index is 11.3. The van der Waals surface area contributed by atoms with Crippen molar-refractivity contribution in [2.45, 2.75) is 18.9 Å². The first-order valence-corrected chi connectivity index (χ1v) is 4.10. The van der Waals surface area contributed by atoms with Gasteiger partial charge in [0.1, 0.15) is 6.04 Å². The third-order valence-corrected chi connectivity index (χ3v) is 2.11. The third kappa shape index (κ3) is 1.95. The summed E-state index contributed by atoms with van der Waals surface area (Å²) >= 11 is 0. The minimum absolute atomic E-state index is 0.0171. The van der Waals surface area contributed by atoms with Gasteiger partial charge in [-0.3, -0.25) is 9.69 Å². The second-order valence-electron chi connectivity index (χ2n) is 3.00. The number of amides is 1. The van der Waals surface area contributed by atoms with Crippen molar-refractivity contribution < 1.29 is 4.79 Å². The first kappa shape index (κ1) is 9.01. The molecule has 1 unspecified atom stereocenters. The molecule has 0 aliphatic carbocycles. The van der Waals surface area contributed by atoms with Crippen molar-refractivity contribution in [1.82, 2.24) is 10.2 Å². The normalized spacial score (nSPS) is 25.7. The van der Waals surface area contributed by atoms with Gasteiger partial charge in [0.05, 0.1) is 12.5 Å². The van der Waals surface area contributed by atoms with Crippen LogP contribution in [-0.2, 0) is 4.79 Å². The van der Waals surface area contributed by atoms with Crippen molar-refractivity contribution in [1.29, 1.82) is 5.26 Å². The number of nitriles is 1. The Hall–Kier alpha value is -1.08. The highest BCUT2D eigenvalue weighted by Crippen LogP contribution is 2.05. The number of carbonyl (C=O) groups is 1. The van der Waals surface area contributed by atoms with Crippen molar-refractivity contribution in [2.24, 2.45) is 0 Å². The molecule has 0 aromatic carbocycles. The molecule has 0 aromatic rings. The molecule has 1 fully saturated rings. The molecule has 12 heavy (non-hydrogen) atoms. The standard InChI is InChI=1S/C8H13N3O/c1-11-6-2-5-10-8(12)7(11)3-4-9/h7H,2-3,5-6H2,1H3,(H,10,12). The van der Waals surface area contributed by atoms with Crippen molar-refractivity contribution >= 4 is 5.91 Å². The predicted molar refractivity (Wildman–Crippen MR) is 44.3 cm³/mol. The number of likely N-dealkylation sites (N-methyl/N-ethyl adjacent to an activating group) is 1. The van der Waals surface area contributed by atoms with Crippen LogP contribution >= 0.6 is 0 Å². The summed E-state index contributed by atoms with van der Waals surface area (Å²) in [6.45, 7) is 1.61. The molecule has 4 heteroatoms. The van der Waals surface area contributed by atoms with Crippen LogP contribution in [-0.4, -0.2) is 37.0 Å². The zero-order chi connectivity index (χ0) is 8.97. The van der Waals surface area contributed by atoms with E-state index in [0.29, 0.717) is 0 Å². The zero-order valence-corrected chi connectivity index (χ0v) is 7.21. The number of hydrogen-bond acceptors (Lipinski definition) is 3. The first-order valence-electron chi connectivity index (χ1n) is 4.10. The van der Waals surface area contributed by atoms with Crippen LogP contribution in [0.3, 0.4) is 0 Å². The zero-order valence-electron chi connectivity index (χ0n) is 7.21. The lowest BCUT2D eigenvalue weighted by molar-refractivity contribution is -0.124. The summed E-state index contributed by atoms with van der Waals surface area (Å²) in [5, 5.41) is 11.3. The van der Waals surface area contributed by atoms with Crippen molar-refractivity contribution in [2.75, 3.05) is 20.1 Å². The van der Waals surface area contributed by atoms with Gasteiger partial charge in [0.2, 0.25) is 5.91 Å². The first-order chi connectivity index (χ1) is 5.75. The Bertz CT molecular complexity index is 209. The third-order valence-electron chi connectivity index (χ3n) is 2.11. The molecule has 0 aromatic heterocycles. The second-order valence-corrected chi connectivity index (χ2v) is 3.00. The topological polar surface area (TPSA) is 56.1 Å². The predicted octanol–water partition coefficient (Wildman–Crippen LogP) is -0.280. The van der Waals surface area contributed by atoms with Crippen LogP contribution < -0.4 is 5.32 Å². The molecule has 0 radical (unpaired) electrons. The Kier molecular flexibility index (Phi) is 3.06. The molecule has 1 amide bonds. The maximum atomic E-state index is 11.3. The van der Waals surface area contributed by atoms with E-state index in [0.717, 1.165) is 19.5 Å². The molecule has 1 rings (SSSR count). The number of rotatable bonds is 1. The lowest BCUT2D eigenvalue weighted by Gasteiger charge is -2.20. The van der Waals surface area contributed by atoms with E-state index in [-0.39, 0.29) is 18.4 Å². The highest BCUT2D eigenvalue weighted by molar-refractivity contribution is 5.82. The molecular formula is C8H13N3O. The van der Waals surface area contributed by atoms with Crippen LogP contribution in [0.15, 0.2) is 0 Å². The largest absolute Gasteiger partial charge is 0.355 e. The molecule has 1 N–H and O–H groups in total. The Morgan fingerprint density at radius 3 is 3.25 bits per heavy atom. The molecular weight excluding hydrogens is 154 g/mol. The minimum atomic E-state index is -0.252. The maximum Gasteiger partial charge on any atom is 0.238 e. The van der Waals surface area contributed by atoms with E-state index in [1.807, 2.05) is 18.0 Å². The van der Waals surface area contributed by atoms with Crippen LogP contribution in [0.4, 0.5) is 0 Å². The molecule has 66 valence electrons. The van der Waals surface area contributed by atoms with Gasteiger partial charge in [-0.05, 0) is 13.5 Å². The highest BCUT2D eigenvalue weighted by atomic mass is 16.2. The van der Waals surface area contributed by atoms with E-state index in [2.05, 4.69) is 5.32 Å². The van der Waals surface area contributed by atoms with Gasteiger partial charge in [0.15, 0.2) is 0 Å². The van der Waals surface area contributed by atoms with Gasteiger partial charge in [-0.25, -0.2) is 0 Å². The Balaban J connectivity index is 2.62. The van der Waals surface area contributed by atoms with Crippen LogP contribution in [0.25, 0.3) is 0 Å². The second kappa shape index (κ2) is 4.07. The molecule has 1 atom stereocenters. The summed E-state index contributed by atoms with van der Waals surface area (Å²) in [5.74, 6) is -0.0171. The van der Waals surface area contributed by atoms with Crippen LogP contribution in [0.5, 0.6) is 0 Å². The van der Waals surface area contributed by atoms with E-state index >= 15 is 0 Å². The van der Waals surface area contributed by atoms with Gasteiger partial charge in [0, 0.05) is 13.1 Å². The lowest BCUT2D eigenvalue weighted by Crippen LogP contribution is -2.41. The van der Waals surface area contributed by atoms with Gasteiger partial charge in [-0.2, -0.15) is 5.26 Å². The van der Waals surface area contributed by atoms with E-state index in [4.69, 9.17) is 5.26 Å². The number of carbonyl (C=O) groups excluding carboxylic acids is 1. The number of nitrogens with zero attached hydrogens (tertiary/aromatic N) is 2. The van der Waals surface area contributed by atoms with Gasteiger partial charge in [0.25, 0.3) is 0 Å². The van der Waals surface area contributed by atoms with Gasteiger partial charge in [-0.15, -0.1) is 0 Å². The number of nitrogens with one attached hydrogen (secondary N) is 1. The summed E-state index contributed by atoms with van der Waals surface area (Å²) in [7, 11) is 1.88. The highest BCUT2D eigenvalue weighted by Gasteiger charge is 2.24. The summed E-state index contributed by atoms with van der Waals surface area (Å²) in [5.41, 5.74) is 0. The number of hydrogen-bond donors (Lipinski definition) is 1. The molecule has 1 aliphatic rings. The summed E-state index contributed by atoms with van der Waals surface area (Å²) in [6.07, 6.45) is 1.24. The van der Waals surface area contributed by atoms with Gasteiger partial charge >= 0.3 is 0 Å². The summed E-state index contributed by atoms with van der Waals surface area (Å²) in [6, 6.07) is 1.77. The van der Waals surface area contributed by atoms with Gasteiger partial charge in [-0.1, -0.05) is 0 Å². The quantitative estimate of drug-likeness (QED) is 0.584. The smallest absolute Gasteiger partial charge is 0.238 e. The van der Waals surface area contributed by atoms with E-state index < -0.39 is 0 Å². The van der Waals surface area contributed by atoms with E-state index in [9.17, 15) is 4.79 Å². The Morgan fingerprint density at radius 2 is 2.58 bits per heavy atom. The fourth-order valence-electron chi connectivity index (χ4n) is 1.35. The Labute approximate surface area is 72.2 Å². The van der Waals surface area contributed by atoms with Crippen molar-refractivity contribution in [3.8, 4) is 6.07 Å². The molecule has 0 bridgehead atoms. The van der Waals surface area contributed by atoms with Crippen LogP contribution in [0.2, 0.25) is 0 Å². The summed E-state index contributed by atoms with van der Waals surface area (Å²) < 4.78 is 0. The molecule has 0 saturated carbocycles. The average Bonchev–Trinajstić information content (AvgIpc) is 2.19. The fourth-order valence-corrected chi connectivity index (χ4v) is 1.35. The van der Waals surface area contributed by atoms with Crippen LogP contribution in [0.1, 0.15) is 12.8 Å². The van der Waals surface area contributed by atoms with Gasteiger partial charge < -0.3 is 5.32 Å². The molecule has 1 saturated heterocycles. The Morgan fingerprint density at radius 1 is 1.83 bits per heavy atom. The van der Waals surface area contributed by atoms with Crippen LogP contribution in [0, 0.1) is 11.3 Å². The summed E-state index contributed by atoms with van der Waals surface area (Å²) in [4.78, 5) is 13.2. The van der Waals surface area contributed by atoms with Crippen molar-refractivity contribution in [3.63, 3.8) is 0 Å². The van der Waals surface area contributed by atoms with E-state index in [1.165, 1.54) is 0 Å². The fraction of sp³-hybridized carbons (Fsp3) is 0.750. The molecule has 4 nitrogen and oxygen atoms in total.